The third-order valence-electron chi connectivity index (χ3n) is 4.54. The summed E-state index contributed by atoms with van der Waals surface area (Å²) in [6.07, 6.45) is 0. The number of aromatic nitrogens is 1. The molecule has 0 N–H and O–H groups in total. The second-order valence-electron chi connectivity index (χ2n) is 6.30. The fraction of sp³-hybridized carbons (Fsp3) is 0.389. The lowest BCUT2D eigenvalue weighted by Gasteiger charge is -2.34. The van der Waals surface area contributed by atoms with Crippen LogP contribution in [-0.4, -0.2) is 60.4 Å². The van der Waals surface area contributed by atoms with Crippen molar-refractivity contribution in [2.24, 2.45) is 0 Å². The molecule has 0 unspecified atom stereocenters. The first-order chi connectivity index (χ1) is 13.3. The van der Waals surface area contributed by atoms with Gasteiger partial charge in [-0.2, -0.15) is 9.57 Å². The monoisotopic (exact) mass is 420 g/mol. The number of piperazine rings is 1. The van der Waals surface area contributed by atoms with Crippen LogP contribution in [-0.2, 0) is 14.8 Å². The van der Waals surface area contributed by atoms with E-state index in [2.05, 4.69) is 4.98 Å². The summed E-state index contributed by atoms with van der Waals surface area (Å²) in [7, 11) is -3.77. The molecule has 1 saturated heterocycles. The summed E-state index contributed by atoms with van der Waals surface area (Å²) < 4.78 is 32.4. The third-order valence-corrected chi connectivity index (χ3v) is 7.31. The van der Waals surface area contributed by atoms with Crippen molar-refractivity contribution in [3.05, 3.63) is 41.3 Å². The Kier molecular flexibility index (Phi) is 6.07. The lowest BCUT2D eigenvalue weighted by Crippen LogP contribution is -2.51. The summed E-state index contributed by atoms with van der Waals surface area (Å²) in [6, 6.07) is 8.05. The van der Waals surface area contributed by atoms with Gasteiger partial charge in [0, 0.05) is 26.2 Å². The number of hydrogen-bond acceptors (Lipinski definition) is 7. The van der Waals surface area contributed by atoms with E-state index in [9.17, 15) is 13.2 Å². The molecule has 1 aliphatic heterocycles. The van der Waals surface area contributed by atoms with Gasteiger partial charge in [-0.3, -0.25) is 4.79 Å². The van der Waals surface area contributed by atoms with Crippen LogP contribution in [0.5, 0.6) is 0 Å². The molecule has 1 aromatic heterocycles. The van der Waals surface area contributed by atoms with Crippen LogP contribution < -0.4 is 0 Å². The highest BCUT2D eigenvalue weighted by molar-refractivity contribution is 7.99. The number of sulfonamides is 1. The van der Waals surface area contributed by atoms with Gasteiger partial charge < -0.3 is 9.32 Å². The summed E-state index contributed by atoms with van der Waals surface area (Å²) in [5, 5.41) is 9.62. The van der Waals surface area contributed by atoms with Crippen LogP contribution in [0, 0.1) is 25.2 Å². The molecule has 0 atom stereocenters. The number of carbonyl (C=O) groups excluding carboxylic acids is 1. The van der Waals surface area contributed by atoms with E-state index in [0.29, 0.717) is 18.3 Å². The Morgan fingerprint density at radius 1 is 1.25 bits per heavy atom. The molecule has 8 nitrogen and oxygen atoms in total. The molecule has 2 aromatic rings. The SMILES string of the molecule is Cc1nc(SCC(=O)N2CCN(S(=O)(=O)c3ccccc3C#N)CC2)oc1C. The van der Waals surface area contributed by atoms with E-state index in [0.717, 1.165) is 11.5 Å². The van der Waals surface area contributed by atoms with E-state index in [1.165, 1.54) is 28.2 Å². The van der Waals surface area contributed by atoms with E-state index in [1.54, 1.807) is 17.0 Å². The normalized spacial score (nSPS) is 15.4. The second kappa shape index (κ2) is 8.34. The Balaban J connectivity index is 1.59. The Bertz CT molecular complexity index is 999. The molecule has 0 saturated carbocycles. The molecular formula is C18H20N4O4S2. The van der Waals surface area contributed by atoms with E-state index >= 15 is 0 Å². The molecule has 0 spiro atoms. The van der Waals surface area contributed by atoms with Crippen molar-refractivity contribution >= 4 is 27.7 Å². The highest BCUT2D eigenvalue weighted by Gasteiger charge is 2.31. The van der Waals surface area contributed by atoms with Crippen molar-refractivity contribution in [3.63, 3.8) is 0 Å². The van der Waals surface area contributed by atoms with E-state index in [1.807, 2.05) is 19.9 Å². The average Bonchev–Trinajstić information content (AvgIpc) is 3.03. The molecule has 10 heteroatoms. The van der Waals surface area contributed by atoms with Crippen molar-refractivity contribution in [2.75, 3.05) is 31.9 Å². The number of nitriles is 1. The molecule has 28 heavy (non-hydrogen) atoms. The zero-order chi connectivity index (χ0) is 20.3. The van der Waals surface area contributed by atoms with Crippen molar-refractivity contribution in [1.29, 1.82) is 5.26 Å². The Labute approximate surface area is 168 Å². The number of oxazole rings is 1. The molecule has 0 bridgehead atoms. The molecule has 1 aliphatic rings. The van der Waals surface area contributed by atoms with Crippen molar-refractivity contribution in [2.45, 2.75) is 24.0 Å². The molecular weight excluding hydrogens is 400 g/mol. The Morgan fingerprint density at radius 2 is 1.93 bits per heavy atom. The number of thioether (sulfide) groups is 1. The van der Waals surface area contributed by atoms with Gasteiger partial charge in [0.1, 0.15) is 11.8 Å². The van der Waals surface area contributed by atoms with Crippen LogP contribution >= 0.6 is 11.8 Å². The van der Waals surface area contributed by atoms with Crippen molar-refractivity contribution in [3.8, 4) is 6.07 Å². The van der Waals surface area contributed by atoms with Gasteiger partial charge in [-0.15, -0.1) is 0 Å². The predicted molar refractivity (Wildman–Crippen MR) is 103 cm³/mol. The lowest BCUT2D eigenvalue weighted by molar-refractivity contribution is -0.129. The van der Waals surface area contributed by atoms with E-state index in [-0.39, 0.29) is 35.2 Å². The first kappa shape index (κ1) is 20.4. The molecule has 3 rings (SSSR count). The lowest BCUT2D eigenvalue weighted by atomic mass is 10.2. The van der Waals surface area contributed by atoms with Gasteiger partial charge in [-0.25, -0.2) is 13.4 Å². The van der Waals surface area contributed by atoms with Crippen LogP contribution in [0.4, 0.5) is 0 Å². The van der Waals surface area contributed by atoms with Gasteiger partial charge in [-0.1, -0.05) is 23.9 Å². The minimum absolute atomic E-state index is 0.00228. The molecule has 0 radical (unpaired) electrons. The maximum absolute atomic E-state index is 12.8. The predicted octanol–water partition coefficient (Wildman–Crippen LogP) is 1.79. The summed E-state index contributed by atoms with van der Waals surface area (Å²) in [6.45, 7) is 4.65. The highest BCUT2D eigenvalue weighted by Crippen LogP contribution is 2.23. The number of benzene rings is 1. The Morgan fingerprint density at radius 3 is 2.54 bits per heavy atom. The minimum Gasteiger partial charge on any atom is -0.437 e. The number of hydrogen-bond donors (Lipinski definition) is 0. The van der Waals surface area contributed by atoms with E-state index in [4.69, 9.17) is 9.68 Å². The van der Waals surface area contributed by atoms with Crippen LogP contribution in [0.3, 0.4) is 0 Å². The first-order valence-corrected chi connectivity index (χ1v) is 11.1. The van der Waals surface area contributed by atoms with Crippen LogP contribution in [0.25, 0.3) is 0 Å². The van der Waals surface area contributed by atoms with Gasteiger partial charge in [0.15, 0.2) is 0 Å². The Hall–Kier alpha value is -2.35. The number of nitrogens with zero attached hydrogens (tertiary/aromatic N) is 4. The van der Waals surface area contributed by atoms with Gasteiger partial charge >= 0.3 is 0 Å². The zero-order valence-corrected chi connectivity index (χ0v) is 17.2. The average molecular weight is 421 g/mol. The summed E-state index contributed by atoms with van der Waals surface area (Å²) in [5.74, 6) is 0.822. The number of aryl methyl sites for hydroxylation is 2. The maximum Gasteiger partial charge on any atom is 0.256 e. The van der Waals surface area contributed by atoms with Gasteiger partial charge in [0.05, 0.1) is 21.9 Å². The molecule has 1 aromatic carbocycles. The number of rotatable bonds is 5. The highest BCUT2D eigenvalue weighted by atomic mass is 32.2. The van der Waals surface area contributed by atoms with Crippen LogP contribution in [0.1, 0.15) is 17.0 Å². The third kappa shape index (κ3) is 4.22. The maximum atomic E-state index is 12.8. The van der Waals surface area contributed by atoms with Crippen LogP contribution in [0.15, 0.2) is 38.8 Å². The van der Waals surface area contributed by atoms with Gasteiger partial charge in [-0.05, 0) is 26.0 Å². The van der Waals surface area contributed by atoms with Gasteiger partial charge in [0.2, 0.25) is 15.9 Å². The van der Waals surface area contributed by atoms with Crippen molar-refractivity contribution < 1.29 is 17.6 Å². The molecule has 1 fully saturated rings. The van der Waals surface area contributed by atoms with Gasteiger partial charge in [0.25, 0.3) is 5.22 Å². The molecule has 0 aliphatic carbocycles. The quantitative estimate of drug-likeness (QED) is 0.679. The van der Waals surface area contributed by atoms with Crippen LogP contribution in [0.2, 0.25) is 0 Å². The smallest absolute Gasteiger partial charge is 0.256 e. The second-order valence-corrected chi connectivity index (χ2v) is 9.14. The summed E-state index contributed by atoms with van der Waals surface area (Å²) in [4.78, 5) is 18.3. The molecule has 148 valence electrons. The zero-order valence-electron chi connectivity index (χ0n) is 15.6. The summed E-state index contributed by atoms with van der Waals surface area (Å²) in [5.41, 5.74) is 0.917. The minimum atomic E-state index is -3.77. The number of amides is 1. The topological polar surface area (TPSA) is 108 Å². The van der Waals surface area contributed by atoms with Crippen molar-refractivity contribution in [1.82, 2.24) is 14.2 Å². The molecule has 1 amide bonds. The number of carbonyl (C=O) groups is 1. The summed E-state index contributed by atoms with van der Waals surface area (Å²) >= 11 is 1.23. The largest absolute Gasteiger partial charge is 0.437 e. The fourth-order valence-corrected chi connectivity index (χ4v) is 5.20. The fourth-order valence-electron chi connectivity index (χ4n) is 2.82. The van der Waals surface area contributed by atoms with E-state index < -0.39 is 10.0 Å². The first-order valence-electron chi connectivity index (χ1n) is 8.67. The standard InChI is InChI=1S/C18H20N4O4S2/c1-13-14(2)26-18(20-13)27-12-17(23)21-7-9-22(10-8-21)28(24,25)16-6-4-3-5-15(16)11-19/h3-6H,7-10,12H2,1-2H3. The molecule has 2 heterocycles.